The number of aliphatic hydroxyl groups excluding tert-OH is 1. The molecular weight excluding hydrogens is 338 g/mol. The number of carbonyl (C=O) groups is 1. The number of benzene rings is 2. The third-order valence-corrected chi connectivity index (χ3v) is 4.47. The van der Waals surface area contributed by atoms with Gasteiger partial charge in [-0.05, 0) is 31.1 Å². The highest BCUT2D eigenvalue weighted by Gasteiger charge is 2.24. The van der Waals surface area contributed by atoms with Crippen LogP contribution in [0.25, 0.3) is 10.8 Å². The van der Waals surface area contributed by atoms with Crippen LogP contribution < -0.4 is 10.6 Å². The van der Waals surface area contributed by atoms with E-state index < -0.39 is 0 Å². The zero-order chi connectivity index (χ0) is 18.8. The van der Waals surface area contributed by atoms with Gasteiger partial charge < -0.3 is 25.4 Å². The standard InChI is InChI=1S/C17H22ClN3.CH4O.CH2O/c1-21(2)8-7-19-15-9-16-17(12(10-18)11-20-16)14-6-4-3-5-13(14)15;2*1-2/h3-6,9,12,19-20H,7-8,10-11H2,1-2H3;2H,1H3;1H2. The molecule has 0 amide bonds. The van der Waals surface area contributed by atoms with E-state index in [0.717, 1.165) is 26.7 Å². The van der Waals surface area contributed by atoms with Crippen molar-refractivity contribution in [3.8, 4) is 0 Å². The summed E-state index contributed by atoms with van der Waals surface area (Å²) in [5, 5.41) is 16.7. The van der Waals surface area contributed by atoms with Crippen LogP contribution in [0.1, 0.15) is 11.5 Å². The van der Waals surface area contributed by atoms with Crippen LogP contribution in [0.3, 0.4) is 0 Å². The second-order valence-electron chi connectivity index (χ2n) is 5.89. The molecule has 1 unspecified atom stereocenters. The number of fused-ring (bicyclic) bond motifs is 3. The minimum Gasteiger partial charge on any atom is -0.400 e. The summed E-state index contributed by atoms with van der Waals surface area (Å²) in [4.78, 5) is 10.2. The maximum absolute atomic E-state index is 8.00. The highest BCUT2D eigenvalue weighted by Crippen LogP contribution is 2.41. The van der Waals surface area contributed by atoms with E-state index in [2.05, 4.69) is 60.0 Å². The van der Waals surface area contributed by atoms with Crippen LogP contribution in [0.4, 0.5) is 11.4 Å². The molecule has 0 bridgehead atoms. The number of halogens is 1. The highest BCUT2D eigenvalue weighted by molar-refractivity contribution is 6.19. The molecule has 2 aromatic rings. The summed E-state index contributed by atoms with van der Waals surface area (Å²) in [6.07, 6.45) is 0. The van der Waals surface area contributed by atoms with Gasteiger partial charge in [-0.2, -0.15) is 0 Å². The van der Waals surface area contributed by atoms with Crippen LogP contribution in [-0.4, -0.2) is 63.5 Å². The lowest BCUT2D eigenvalue weighted by atomic mass is 9.95. The molecule has 0 fully saturated rings. The average molecular weight is 366 g/mol. The van der Waals surface area contributed by atoms with Gasteiger partial charge in [0.05, 0.1) is 0 Å². The van der Waals surface area contributed by atoms with Gasteiger partial charge in [-0.25, -0.2) is 0 Å². The van der Waals surface area contributed by atoms with Gasteiger partial charge in [-0.1, -0.05) is 24.3 Å². The molecule has 3 N–H and O–H groups in total. The maximum atomic E-state index is 8.00. The third-order valence-electron chi connectivity index (χ3n) is 4.09. The van der Waals surface area contributed by atoms with Crippen LogP contribution in [-0.2, 0) is 4.79 Å². The van der Waals surface area contributed by atoms with Crippen LogP contribution in [0.15, 0.2) is 30.3 Å². The van der Waals surface area contributed by atoms with Crippen molar-refractivity contribution in [1.29, 1.82) is 0 Å². The fourth-order valence-electron chi connectivity index (χ4n) is 3.01. The minimum absolute atomic E-state index is 0.405. The van der Waals surface area contributed by atoms with E-state index in [9.17, 15) is 0 Å². The summed E-state index contributed by atoms with van der Waals surface area (Å²) in [6, 6.07) is 10.8. The number of alkyl halides is 1. The van der Waals surface area contributed by atoms with Crippen LogP contribution in [0, 0.1) is 0 Å². The molecule has 6 heteroatoms. The molecule has 25 heavy (non-hydrogen) atoms. The third kappa shape index (κ3) is 5.08. The van der Waals surface area contributed by atoms with Gasteiger partial charge in [-0.3, -0.25) is 0 Å². The minimum atomic E-state index is 0.405. The SMILES string of the molecule is C=O.CN(C)CCNc1cc2c(c3ccccc13)C(CCl)CN2.CO. The van der Waals surface area contributed by atoms with Crippen molar-refractivity contribution in [3.63, 3.8) is 0 Å². The Morgan fingerprint density at radius 1 is 1.28 bits per heavy atom. The van der Waals surface area contributed by atoms with E-state index in [0.29, 0.717) is 11.8 Å². The first-order valence-electron chi connectivity index (χ1n) is 8.18. The fourth-order valence-corrected chi connectivity index (χ4v) is 3.27. The van der Waals surface area contributed by atoms with Gasteiger partial charge in [0.2, 0.25) is 0 Å². The van der Waals surface area contributed by atoms with E-state index in [1.807, 2.05) is 6.79 Å². The number of likely N-dealkylation sites (N-methyl/N-ethyl adjacent to an activating group) is 1. The van der Waals surface area contributed by atoms with Crippen molar-refractivity contribution in [2.24, 2.45) is 0 Å². The fraction of sp³-hybridized carbons (Fsp3) is 0.421. The average Bonchev–Trinajstić information content (AvgIpc) is 3.08. The summed E-state index contributed by atoms with van der Waals surface area (Å²) in [5.41, 5.74) is 3.80. The number of rotatable bonds is 5. The Morgan fingerprint density at radius 3 is 2.52 bits per heavy atom. The molecule has 1 atom stereocenters. The van der Waals surface area contributed by atoms with Gasteiger partial charge in [0.25, 0.3) is 0 Å². The van der Waals surface area contributed by atoms with Gasteiger partial charge in [-0.15, -0.1) is 11.6 Å². The van der Waals surface area contributed by atoms with Crippen molar-refractivity contribution in [3.05, 3.63) is 35.9 Å². The summed E-state index contributed by atoms with van der Waals surface area (Å²) >= 11 is 6.13. The molecule has 0 aliphatic carbocycles. The number of hydrogen-bond donors (Lipinski definition) is 3. The van der Waals surface area contributed by atoms with Gasteiger partial charge in [0.1, 0.15) is 6.79 Å². The first-order chi connectivity index (χ1) is 12.2. The molecule has 3 rings (SSSR count). The summed E-state index contributed by atoms with van der Waals surface area (Å²) in [7, 11) is 5.18. The Kier molecular flexibility index (Phi) is 9.27. The van der Waals surface area contributed by atoms with E-state index in [1.165, 1.54) is 27.7 Å². The Balaban J connectivity index is 0.000000730. The van der Waals surface area contributed by atoms with E-state index in [1.54, 1.807) is 0 Å². The number of nitrogens with one attached hydrogen (secondary N) is 2. The monoisotopic (exact) mass is 365 g/mol. The smallest absolute Gasteiger partial charge is 0.106 e. The molecule has 0 aromatic heterocycles. The molecule has 0 radical (unpaired) electrons. The lowest BCUT2D eigenvalue weighted by molar-refractivity contribution is -0.0979. The Hall–Kier alpha value is -1.82. The predicted molar refractivity (Wildman–Crippen MR) is 108 cm³/mol. The molecule has 0 spiro atoms. The molecule has 0 saturated carbocycles. The summed E-state index contributed by atoms with van der Waals surface area (Å²) in [6.45, 7) is 4.89. The van der Waals surface area contributed by atoms with E-state index >= 15 is 0 Å². The number of carbonyl (C=O) groups excluding carboxylic acids is 1. The van der Waals surface area contributed by atoms with Crippen LogP contribution in [0.2, 0.25) is 0 Å². The van der Waals surface area contributed by atoms with Crippen molar-refractivity contribution < 1.29 is 9.90 Å². The lowest BCUT2D eigenvalue weighted by Gasteiger charge is -2.16. The highest BCUT2D eigenvalue weighted by atomic mass is 35.5. The normalized spacial score (nSPS) is 14.7. The zero-order valence-corrected chi connectivity index (χ0v) is 15.9. The van der Waals surface area contributed by atoms with Gasteiger partial charge in [0, 0.05) is 55.3 Å². The van der Waals surface area contributed by atoms with E-state index in [4.69, 9.17) is 21.5 Å². The Bertz CT molecular complexity index is 664. The lowest BCUT2D eigenvalue weighted by Crippen LogP contribution is -2.20. The first-order valence-corrected chi connectivity index (χ1v) is 8.72. The number of aliphatic hydroxyl groups is 1. The molecule has 1 aliphatic heterocycles. The van der Waals surface area contributed by atoms with Crippen molar-refractivity contribution in [2.45, 2.75) is 5.92 Å². The van der Waals surface area contributed by atoms with Crippen LogP contribution in [0.5, 0.6) is 0 Å². The second-order valence-corrected chi connectivity index (χ2v) is 6.20. The first kappa shape index (κ1) is 21.2. The summed E-state index contributed by atoms with van der Waals surface area (Å²) < 4.78 is 0. The molecule has 138 valence electrons. The molecule has 0 saturated heterocycles. The van der Waals surface area contributed by atoms with Crippen molar-refractivity contribution >= 4 is 40.5 Å². The second kappa shape index (κ2) is 10.9. The van der Waals surface area contributed by atoms with Gasteiger partial charge in [0.15, 0.2) is 0 Å². The number of anilines is 2. The number of nitrogens with zero attached hydrogens (tertiary/aromatic N) is 1. The Morgan fingerprint density at radius 2 is 1.92 bits per heavy atom. The largest absolute Gasteiger partial charge is 0.400 e. The predicted octanol–water partition coefficient (Wildman–Crippen LogP) is 2.98. The Labute approximate surface area is 155 Å². The summed E-state index contributed by atoms with van der Waals surface area (Å²) in [5.74, 6) is 1.07. The van der Waals surface area contributed by atoms with Crippen molar-refractivity contribution in [2.75, 3.05) is 57.4 Å². The molecule has 5 nitrogen and oxygen atoms in total. The molecule has 1 aliphatic rings. The van der Waals surface area contributed by atoms with Crippen molar-refractivity contribution in [1.82, 2.24) is 4.90 Å². The zero-order valence-electron chi connectivity index (χ0n) is 15.2. The topological polar surface area (TPSA) is 64.6 Å². The van der Waals surface area contributed by atoms with Crippen LogP contribution >= 0.6 is 11.6 Å². The molecule has 1 heterocycles. The maximum Gasteiger partial charge on any atom is 0.106 e. The quantitative estimate of drug-likeness (QED) is 0.711. The van der Waals surface area contributed by atoms with Gasteiger partial charge >= 0.3 is 0 Å². The molecular formula is C19H28ClN3O2. The number of hydrogen-bond acceptors (Lipinski definition) is 5. The molecule has 2 aromatic carbocycles. The van der Waals surface area contributed by atoms with E-state index in [-0.39, 0.29) is 0 Å².